The summed E-state index contributed by atoms with van der Waals surface area (Å²) < 4.78 is 11.6. The fraction of sp³-hybridized carbons (Fsp3) is 0.472. The van der Waals surface area contributed by atoms with E-state index in [1.54, 1.807) is 20.2 Å². The fourth-order valence-electron chi connectivity index (χ4n) is 6.47. The first-order chi connectivity index (χ1) is 21.9. The van der Waals surface area contributed by atoms with Crippen LogP contribution in [0.3, 0.4) is 0 Å². The monoisotopic (exact) mass is 652 g/mol. The second-order valence-electron chi connectivity index (χ2n) is 12.3. The number of methoxy groups -OCH3 is 1. The zero-order valence-corrected chi connectivity index (χ0v) is 28.0. The van der Waals surface area contributed by atoms with Crippen LogP contribution in [-0.4, -0.2) is 75.9 Å². The quantitative estimate of drug-likeness (QED) is 0.217. The predicted molar refractivity (Wildman–Crippen MR) is 183 cm³/mol. The van der Waals surface area contributed by atoms with Gasteiger partial charge in [0.1, 0.15) is 12.4 Å². The second kappa shape index (κ2) is 16.7. The van der Waals surface area contributed by atoms with Crippen LogP contribution in [0.15, 0.2) is 60.7 Å². The number of urea groups is 1. The number of rotatable bonds is 12. The van der Waals surface area contributed by atoms with Gasteiger partial charge >= 0.3 is 6.03 Å². The number of likely N-dealkylation sites (tertiary alicyclic amines) is 2. The molecule has 0 radical (unpaired) electrons. The van der Waals surface area contributed by atoms with Gasteiger partial charge in [-0.25, -0.2) is 4.79 Å². The van der Waals surface area contributed by atoms with E-state index in [-0.39, 0.29) is 6.03 Å². The summed E-state index contributed by atoms with van der Waals surface area (Å²) in [5.41, 5.74) is 5.80. The van der Waals surface area contributed by atoms with Crippen LogP contribution in [-0.2, 0) is 17.9 Å². The Hall–Kier alpha value is -2.81. The lowest BCUT2D eigenvalue weighted by molar-refractivity contribution is 0.130. The van der Waals surface area contributed by atoms with Gasteiger partial charge in [0.05, 0.1) is 6.61 Å². The molecule has 7 nitrogen and oxygen atoms in total. The van der Waals surface area contributed by atoms with Crippen molar-refractivity contribution in [3.8, 4) is 16.9 Å². The van der Waals surface area contributed by atoms with Gasteiger partial charge in [0.25, 0.3) is 0 Å². The van der Waals surface area contributed by atoms with Crippen LogP contribution in [0, 0.1) is 5.92 Å². The number of halogens is 2. The number of nitrogens with one attached hydrogen (secondary N) is 2. The van der Waals surface area contributed by atoms with E-state index in [2.05, 4.69) is 62.9 Å². The van der Waals surface area contributed by atoms with Crippen molar-refractivity contribution in [2.24, 2.45) is 5.92 Å². The molecule has 0 spiro atoms. The van der Waals surface area contributed by atoms with Crippen LogP contribution in [0.1, 0.15) is 48.3 Å². The van der Waals surface area contributed by atoms with Crippen molar-refractivity contribution in [1.82, 2.24) is 20.4 Å². The third kappa shape index (κ3) is 10.1. The molecule has 0 unspecified atom stereocenters. The van der Waals surface area contributed by atoms with Gasteiger partial charge in [-0.05, 0) is 134 Å². The predicted octanol–water partition coefficient (Wildman–Crippen LogP) is 7.21. The molecule has 242 valence electrons. The first kappa shape index (κ1) is 33.6. The Bertz CT molecular complexity index is 1370. The Kier molecular flexibility index (Phi) is 12.4. The van der Waals surface area contributed by atoms with Crippen molar-refractivity contribution < 1.29 is 14.3 Å². The second-order valence-corrected chi connectivity index (χ2v) is 13.2. The number of ether oxygens (including phenoxy) is 2. The van der Waals surface area contributed by atoms with Crippen LogP contribution in [0.4, 0.5) is 4.79 Å². The van der Waals surface area contributed by atoms with Crippen molar-refractivity contribution in [3.63, 3.8) is 0 Å². The summed E-state index contributed by atoms with van der Waals surface area (Å²) in [6, 6.07) is 20.9. The highest BCUT2D eigenvalue weighted by atomic mass is 35.5. The maximum absolute atomic E-state index is 11.6. The molecule has 9 heteroatoms. The largest absolute Gasteiger partial charge is 0.489 e. The van der Waals surface area contributed by atoms with Gasteiger partial charge in [0.2, 0.25) is 0 Å². The summed E-state index contributed by atoms with van der Waals surface area (Å²) in [5, 5.41) is 6.82. The molecule has 3 aromatic carbocycles. The highest BCUT2D eigenvalue weighted by molar-refractivity contribution is 6.35. The average molecular weight is 654 g/mol. The molecule has 0 saturated carbocycles. The minimum absolute atomic E-state index is 0.115. The Morgan fingerprint density at radius 1 is 0.844 bits per heavy atom. The summed E-state index contributed by atoms with van der Waals surface area (Å²) in [4.78, 5) is 16.6. The Labute approximate surface area is 278 Å². The summed E-state index contributed by atoms with van der Waals surface area (Å²) in [7, 11) is 3.42. The van der Waals surface area contributed by atoms with E-state index in [4.69, 9.17) is 32.7 Å². The van der Waals surface area contributed by atoms with E-state index in [1.165, 1.54) is 24.0 Å². The van der Waals surface area contributed by atoms with Crippen molar-refractivity contribution in [3.05, 3.63) is 87.4 Å². The molecule has 3 aromatic rings. The summed E-state index contributed by atoms with van der Waals surface area (Å²) in [6.07, 6.45) is 4.48. The van der Waals surface area contributed by atoms with Gasteiger partial charge in [-0.2, -0.15) is 0 Å². The molecule has 45 heavy (non-hydrogen) atoms. The van der Waals surface area contributed by atoms with Crippen LogP contribution in [0.2, 0.25) is 10.0 Å². The molecule has 0 aliphatic carbocycles. The SMILES string of the molecule is CNC(=O)NCC1CCN(Cc2cc(COc3ccc(C4CCN(CCOC)CC4)cc3)cc(-c3cc(Cl)cc(Cl)c3)c2)CC1. The molecule has 0 bridgehead atoms. The third-order valence-corrected chi connectivity index (χ3v) is 9.53. The van der Waals surface area contributed by atoms with Gasteiger partial charge in [0, 0.05) is 43.8 Å². The minimum Gasteiger partial charge on any atom is -0.489 e. The number of benzene rings is 3. The molecule has 2 amide bonds. The van der Waals surface area contributed by atoms with Gasteiger partial charge in [-0.15, -0.1) is 0 Å². The maximum atomic E-state index is 11.6. The first-order valence-corrected chi connectivity index (χ1v) is 16.9. The lowest BCUT2D eigenvalue weighted by atomic mass is 9.89. The highest BCUT2D eigenvalue weighted by Crippen LogP contribution is 2.32. The molecule has 0 aromatic heterocycles. The summed E-state index contributed by atoms with van der Waals surface area (Å²) in [5.74, 6) is 1.97. The number of piperidine rings is 2. The van der Waals surface area contributed by atoms with Crippen LogP contribution < -0.4 is 15.4 Å². The highest BCUT2D eigenvalue weighted by Gasteiger charge is 2.21. The third-order valence-electron chi connectivity index (χ3n) is 9.10. The number of carbonyl (C=O) groups excluding carboxylic acids is 1. The van der Waals surface area contributed by atoms with E-state index in [9.17, 15) is 4.79 Å². The Morgan fingerprint density at radius 3 is 2.16 bits per heavy atom. The van der Waals surface area contributed by atoms with Crippen LogP contribution >= 0.6 is 23.2 Å². The van der Waals surface area contributed by atoms with E-state index < -0.39 is 0 Å². The molecule has 0 atom stereocenters. The van der Waals surface area contributed by atoms with E-state index in [0.29, 0.717) is 28.5 Å². The van der Waals surface area contributed by atoms with Crippen molar-refractivity contribution in [1.29, 1.82) is 0 Å². The smallest absolute Gasteiger partial charge is 0.314 e. The van der Waals surface area contributed by atoms with E-state index >= 15 is 0 Å². The maximum Gasteiger partial charge on any atom is 0.314 e. The van der Waals surface area contributed by atoms with Crippen molar-refractivity contribution in [2.75, 3.05) is 60.0 Å². The molecular formula is C36H46Cl2N4O3. The van der Waals surface area contributed by atoms with Gasteiger partial charge < -0.3 is 25.0 Å². The number of amides is 2. The molecule has 2 aliphatic rings. The molecule has 2 aliphatic heterocycles. The molecule has 2 heterocycles. The zero-order chi connectivity index (χ0) is 31.6. The molecule has 5 rings (SSSR count). The number of carbonyl (C=O) groups is 1. The van der Waals surface area contributed by atoms with Crippen LogP contribution in [0.5, 0.6) is 5.75 Å². The zero-order valence-electron chi connectivity index (χ0n) is 26.5. The number of hydrogen-bond donors (Lipinski definition) is 2. The number of nitrogens with zero attached hydrogens (tertiary/aromatic N) is 2. The van der Waals surface area contributed by atoms with Crippen molar-refractivity contribution >= 4 is 29.2 Å². The fourth-order valence-corrected chi connectivity index (χ4v) is 7.00. The standard InChI is InChI=1S/C36H46Cl2N4O3/c1-39-36(43)40-23-26-7-11-42(12-8-26)24-27-17-28(19-31(18-27)32-20-33(37)22-34(38)21-32)25-45-35-5-3-29(4-6-35)30-9-13-41(14-10-30)15-16-44-2/h3-6,17-22,26,30H,7-16,23-25H2,1-2H3,(H2,39,40,43). The first-order valence-electron chi connectivity index (χ1n) is 16.1. The van der Waals surface area contributed by atoms with Gasteiger partial charge in [0.15, 0.2) is 0 Å². The topological polar surface area (TPSA) is 66.1 Å². The molecular weight excluding hydrogens is 607 g/mol. The van der Waals surface area contributed by atoms with Gasteiger partial charge in [-0.1, -0.05) is 41.4 Å². The minimum atomic E-state index is -0.115. The summed E-state index contributed by atoms with van der Waals surface area (Å²) in [6.45, 7) is 8.09. The van der Waals surface area contributed by atoms with E-state index in [1.807, 2.05) is 12.1 Å². The Balaban J connectivity index is 1.23. The van der Waals surface area contributed by atoms with Gasteiger partial charge in [-0.3, -0.25) is 4.90 Å². The lowest BCUT2D eigenvalue weighted by Crippen LogP contribution is -2.40. The number of hydrogen-bond acceptors (Lipinski definition) is 5. The normalized spacial score (nSPS) is 16.9. The average Bonchev–Trinajstić information content (AvgIpc) is 3.06. The molecule has 2 N–H and O–H groups in total. The van der Waals surface area contributed by atoms with Crippen molar-refractivity contribution in [2.45, 2.75) is 44.8 Å². The molecule has 2 saturated heterocycles. The Morgan fingerprint density at radius 2 is 1.49 bits per heavy atom. The lowest BCUT2D eigenvalue weighted by Gasteiger charge is -2.32. The molecule has 2 fully saturated rings. The van der Waals surface area contributed by atoms with E-state index in [0.717, 1.165) is 87.7 Å². The van der Waals surface area contributed by atoms with Crippen LogP contribution in [0.25, 0.3) is 11.1 Å². The summed E-state index contributed by atoms with van der Waals surface area (Å²) >= 11 is 12.8.